The summed E-state index contributed by atoms with van der Waals surface area (Å²) in [4.78, 5) is 16.4. The van der Waals surface area contributed by atoms with Crippen LogP contribution < -0.4 is 10.1 Å². The minimum absolute atomic E-state index is 0.0513. The molecule has 1 aromatic carbocycles. The van der Waals surface area contributed by atoms with E-state index in [9.17, 15) is 13.6 Å². The molecule has 1 N–H and O–H groups in total. The van der Waals surface area contributed by atoms with Gasteiger partial charge in [-0.1, -0.05) is 22.9 Å². The van der Waals surface area contributed by atoms with Gasteiger partial charge in [0.1, 0.15) is 5.75 Å². The molecule has 10 heteroatoms. The predicted molar refractivity (Wildman–Crippen MR) is 96.2 cm³/mol. The number of aromatic nitrogens is 3. The molecular formula is C16H15ClF2N4O2S. The summed E-state index contributed by atoms with van der Waals surface area (Å²) >= 11 is 7.27. The van der Waals surface area contributed by atoms with Crippen LogP contribution >= 0.6 is 22.9 Å². The minimum Gasteiger partial charge on any atom is -0.435 e. The van der Waals surface area contributed by atoms with E-state index < -0.39 is 6.61 Å². The van der Waals surface area contributed by atoms with E-state index in [1.54, 1.807) is 17.7 Å². The van der Waals surface area contributed by atoms with Crippen LogP contribution in [0.2, 0.25) is 5.02 Å². The molecule has 2 heterocycles. The van der Waals surface area contributed by atoms with E-state index in [4.69, 9.17) is 11.6 Å². The number of carbonyl (C=O) groups is 1. The Balaban J connectivity index is 1.64. The summed E-state index contributed by atoms with van der Waals surface area (Å²) in [6, 6.07) is 4.44. The van der Waals surface area contributed by atoms with Crippen LogP contribution in [0.25, 0.3) is 10.2 Å². The standard InChI is InChI=1S/C16H15ClF2N4O2S/c1-8-14(17)9(2)23(22-8)6-5-13(24)21-16-20-11-4-3-10(25-15(18)19)7-12(11)26-16/h3-4,7,15H,5-6H2,1-2H3,(H,20,21,24). The van der Waals surface area contributed by atoms with Crippen molar-refractivity contribution in [1.29, 1.82) is 0 Å². The molecule has 6 nitrogen and oxygen atoms in total. The average molecular weight is 401 g/mol. The highest BCUT2D eigenvalue weighted by atomic mass is 35.5. The summed E-state index contributed by atoms with van der Waals surface area (Å²) in [5, 5.41) is 7.97. The van der Waals surface area contributed by atoms with Gasteiger partial charge in [0.25, 0.3) is 0 Å². The quantitative estimate of drug-likeness (QED) is 0.666. The molecule has 3 rings (SSSR count). The lowest BCUT2D eigenvalue weighted by atomic mass is 10.3. The lowest BCUT2D eigenvalue weighted by molar-refractivity contribution is -0.116. The number of benzene rings is 1. The van der Waals surface area contributed by atoms with Crippen LogP contribution in [-0.2, 0) is 11.3 Å². The number of hydrogen-bond acceptors (Lipinski definition) is 5. The second kappa shape index (κ2) is 7.55. The van der Waals surface area contributed by atoms with Crippen molar-refractivity contribution >= 4 is 44.2 Å². The van der Waals surface area contributed by atoms with Crippen molar-refractivity contribution in [3.63, 3.8) is 0 Å². The molecule has 0 aliphatic heterocycles. The number of nitrogens with zero attached hydrogens (tertiary/aromatic N) is 3. The minimum atomic E-state index is -2.89. The number of carbonyl (C=O) groups excluding carboxylic acids is 1. The normalized spacial score (nSPS) is 11.3. The Morgan fingerprint density at radius 2 is 2.19 bits per heavy atom. The third-order valence-electron chi connectivity index (χ3n) is 3.68. The first-order valence-corrected chi connectivity index (χ1v) is 8.87. The summed E-state index contributed by atoms with van der Waals surface area (Å²) < 4.78 is 31.2. The third-order valence-corrected chi connectivity index (χ3v) is 5.16. The Bertz CT molecular complexity index is 957. The van der Waals surface area contributed by atoms with E-state index in [-0.39, 0.29) is 18.1 Å². The van der Waals surface area contributed by atoms with E-state index in [2.05, 4.69) is 20.1 Å². The molecule has 0 aliphatic carbocycles. The van der Waals surface area contributed by atoms with Gasteiger partial charge >= 0.3 is 6.61 Å². The van der Waals surface area contributed by atoms with Crippen molar-refractivity contribution in [2.45, 2.75) is 33.4 Å². The van der Waals surface area contributed by atoms with Crippen LogP contribution in [-0.4, -0.2) is 27.3 Å². The number of hydrogen-bond donors (Lipinski definition) is 1. The summed E-state index contributed by atoms with van der Waals surface area (Å²) in [7, 11) is 0. The number of fused-ring (bicyclic) bond motifs is 1. The van der Waals surface area contributed by atoms with Gasteiger partial charge in [0.15, 0.2) is 5.13 Å². The summed E-state index contributed by atoms with van der Waals surface area (Å²) in [6.45, 7) is 1.15. The van der Waals surface area contributed by atoms with Crippen molar-refractivity contribution < 1.29 is 18.3 Å². The lowest BCUT2D eigenvalue weighted by Crippen LogP contribution is -2.15. The number of nitrogens with one attached hydrogen (secondary N) is 1. The fourth-order valence-corrected chi connectivity index (χ4v) is 3.46. The van der Waals surface area contributed by atoms with Gasteiger partial charge in [-0.15, -0.1) is 0 Å². The molecule has 0 spiro atoms. The summed E-state index contributed by atoms with van der Waals surface area (Å²) in [6.07, 6.45) is 0.202. The Labute approximate surface area is 156 Å². The average Bonchev–Trinajstić information content (AvgIpc) is 3.07. The third kappa shape index (κ3) is 4.10. The summed E-state index contributed by atoms with van der Waals surface area (Å²) in [5.41, 5.74) is 2.12. The maximum absolute atomic E-state index is 12.3. The smallest absolute Gasteiger partial charge is 0.387 e. The zero-order valence-electron chi connectivity index (χ0n) is 13.9. The van der Waals surface area contributed by atoms with Crippen LogP contribution in [0.3, 0.4) is 0 Å². The second-order valence-corrected chi connectivity index (χ2v) is 6.94. The Kier molecular flexibility index (Phi) is 5.38. The highest BCUT2D eigenvalue weighted by Crippen LogP contribution is 2.30. The molecule has 3 aromatic rings. The molecule has 0 saturated heterocycles. The first-order valence-electron chi connectivity index (χ1n) is 7.68. The number of halogens is 3. The first-order chi connectivity index (χ1) is 12.3. The van der Waals surface area contributed by atoms with E-state index in [0.717, 1.165) is 11.4 Å². The molecule has 0 radical (unpaired) electrons. The van der Waals surface area contributed by atoms with Crippen LogP contribution in [0.4, 0.5) is 13.9 Å². The molecule has 0 saturated carbocycles. The van der Waals surface area contributed by atoms with Gasteiger partial charge in [-0.25, -0.2) is 4.98 Å². The van der Waals surface area contributed by atoms with Gasteiger partial charge in [-0.2, -0.15) is 13.9 Å². The van der Waals surface area contributed by atoms with E-state index in [1.165, 1.54) is 23.5 Å². The number of rotatable bonds is 6. The monoisotopic (exact) mass is 400 g/mol. The van der Waals surface area contributed by atoms with Crippen molar-refractivity contribution in [1.82, 2.24) is 14.8 Å². The van der Waals surface area contributed by atoms with Gasteiger partial charge in [0.05, 0.1) is 33.2 Å². The SMILES string of the molecule is Cc1nn(CCC(=O)Nc2nc3ccc(OC(F)F)cc3s2)c(C)c1Cl. The van der Waals surface area contributed by atoms with Gasteiger partial charge in [0.2, 0.25) is 5.91 Å². The molecule has 0 bridgehead atoms. The van der Waals surface area contributed by atoms with Crippen LogP contribution in [0.15, 0.2) is 18.2 Å². The Morgan fingerprint density at radius 3 is 2.85 bits per heavy atom. The topological polar surface area (TPSA) is 69.0 Å². The maximum Gasteiger partial charge on any atom is 0.387 e. The number of anilines is 1. The molecule has 0 fully saturated rings. The second-order valence-electron chi connectivity index (χ2n) is 5.53. The fourth-order valence-electron chi connectivity index (χ4n) is 2.42. The van der Waals surface area contributed by atoms with E-state index in [0.29, 0.717) is 26.9 Å². The maximum atomic E-state index is 12.3. The van der Waals surface area contributed by atoms with Gasteiger partial charge in [-0.3, -0.25) is 9.48 Å². The highest BCUT2D eigenvalue weighted by Gasteiger charge is 2.13. The van der Waals surface area contributed by atoms with Crippen LogP contribution in [0.5, 0.6) is 5.75 Å². The van der Waals surface area contributed by atoms with Gasteiger partial charge < -0.3 is 10.1 Å². The number of ether oxygens (including phenoxy) is 1. The van der Waals surface area contributed by atoms with Crippen molar-refractivity contribution in [2.75, 3.05) is 5.32 Å². The highest BCUT2D eigenvalue weighted by molar-refractivity contribution is 7.22. The fraction of sp³-hybridized carbons (Fsp3) is 0.312. The van der Waals surface area contributed by atoms with Crippen LogP contribution in [0, 0.1) is 13.8 Å². The van der Waals surface area contributed by atoms with Crippen LogP contribution in [0.1, 0.15) is 17.8 Å². The number of alkyl halides is 2. The molecule has 26 heavy (non-hydrogen) atoms. The molecule has 0 aliphatic rings. The lowest BCUT2D eigenvalue weighted by Gasteiger charge is -2.04. The van der Waals surface area contributed by atoms with Crippen molar-refractivity contribution in [3.05, 3.63) is 34.6 Å². The zero-order valence-corrected chi connectivity index (χ0v) is 15.5. The van der Waals surface area contributed by atoms with E-state index >= 15 is 0 Å². The van der Waals surface area contributed by atoms with Gasteiger partial charge in [-0.05, 0) is 32.0 Å². The largest absolute Gasteiger partial charge is 0.435 e. The van der Waals surface area contributed by atoms with Gasteiger partial charge in [0, 0.05) is 6.42 Å². The van der Waals surface area contributed by atoms with Crippen molar-refractivity contribution in [3.8, 4) is 5.75 Å². The number of thiazole rings is 1. The molecule has 138 valence electrons. The molecule has 0 unspecified atom stereocenters. The molecule has 2 aromatic heterocycles. The molecular weight excluding hydrogens is 386 g/mol. The molecule has 0 atom stereocenters. The Hall–Kier alpha value is -2.26. The number of aryl methyl sites for hydroxylation is 2. The number of amides is 1. The summed E-state index contributed by atoms with van der Waals surface area (Å²) in [5.74, 6) is -0.174. The molecule has 1 amide bonds. The first kappa shape index (κ1) is 18.5. The zero-order chi connectivity index (χ0) is 18.8. The van der Waals surface area contributed by atoms with Crippen molar-refractivity contribution in [2.24, 2.45) is 0 Å². The Morgan fingerprint density at radius 1 is 1.42 bits per heavy atom. The predicted octanol–water partition coefficient (Wildman–Crippen LogP) is 4.39. The van der Waals surface area contributed by atoms with E-state index in [1.807, 2.05) is 6.92 Å².